The van der Waals surface area contributed by atoms with Crippen LogP contribution < -0.4 is 0 Å². The molecule has 0 aliphatic carbocycles. The molecular weight excluding hydrogens is 152 g/mol. The Morgan fingerprint density at radius 3 is 2.67 bits per heavy atom. The van der Waals surface area contributed by atoms with Crippen LogP contribution in [-0.4, -0.2) is 19.5 Å². The van der Waals surface area contributed by atoms with Gasteiger partial charge in [-0.25, -0.2) is 0 Å². The zero-order valence-electron chi connectivity index (χ0n) is 8.21. The van der Waals surface area contributed by atoms with Crippen LogP contribution in [0.4, 0.5) is 0 Å². The third kappa shape index (κ3) is 6.35. The monoisotopic (exact) mass is 172 g/mol. The molecule has 0 spiro atoms. The maximum Gasteiger partial charge on any atom is 0.145 e. The molecule has 0 saturated heterocycles. The van der Waals surface area contributed by atoms with E-state index in [2.05, 4.69) is 13.8 Å². The lowest BCUT2D eigenvalue weighted by Gasteiger charge is -2.12. The predicted molar refractivity (Wildman–Crippen MR) is 50.2 cm³/mol. The molecule has 0 aliphatic heterocycles. The number of unbranched alkanes of at least 4 members (excludes halogenated alkanes) is 1. The van der Waals surface area contributed by atoms with Gasteiger partial charge in [0.15, 0.2) is 0 Å². The van der Waals surface area contributed by atoms with Crippen molar-refractivity contribution in [1.29, 1.82) is 0 Å². The van der Waals surface area contributed by atoms with E-state index >= 15 is 0 Å². The molecule has 0 heterocycles. The van der Waals surface area contributed by atoms with E-state index in [1.54, 1.807) is 0 Å². The Morgan fingerprint density at radius 2 is 2.17 bits per heavy atom. The van der Waals surface area contributed by atoms with E-state index in [1.807, 2.05) is 0 Å². The summed E-state index contributed by atoms with van der Waals surface area (Å²) in [6.45, 7) is 5.36. The van der Waals surface area contributed by atoms with E-state index in [1.165, 1.54) is 19.3 Å². The van der Waals surface area contributed by atoms with Crippen molar-refractivity contribution in [1.82, 2.24) is 0 Å². The number of carbonyl (C=O) groups is 1. The Hall–Kier alpha value is -0.370. The molecular formula is C10H20O2. The quantitative estimate of drug-likeness (QED) is 0.415. The maximum absolute atomic E-state index is 9.96. The van der Waals surface area contributed by atoms with Crippen LogP contribution in [0, 0.1) is 5.92 Å². The van der Waals surface area contributed by atoms with E-state index in [-0.39, 0.29) is 6.61 Å². The Bertz CT molecular complexity index is 102. The van der Waals surface area contributed by atoms with E-state index < -0.39 is 0 Å². The molecule has 2 nitrogen and oxygen atoms in total. The van der Waals surface area contributed by atoms with Crippen LogP contribution in [0.1, 0.15) is 39.5 Å². The first-order valence-corrected chi connectivity index (χ1v) is 4.86. The first-order valence-electron chi connectivity index (χ1n) is 4.86. The minimum absolute atomic E-state index is 0.253. The normalized spacial score (nSPS) is 12.8. The fourth-order valence-corrected chi connectivity index (χ4v) is 1.18. The van der Waals surface area contributed by atoms with Crippen molar-refractivity contribution < 1.29 is 9.53 Å². The number of ether oxygens (including phenoxy) is 1. The topological polar surface area (TPSA) is 26.3 Å². The van der Waals surface area contributed by atoms with E-state index in [0.717, 1.165) is 19.3 Å². The highest BCUT2D eigenvalue weighted by atomic mass is 16.5. The maximum atomic E-state index is 9.96. The Kier molecular flexibility index (Phi) is 8.46. The van der Waals surface area contributed by atoms with Crippen LogP contribution in [0.5, 0.6) is 0 Å². The summed E-state index contributed by atoms with van der Waals surface area (Å²) in [6, 6.07) is 0. The van der Waals surface area contributed by atoms with Gasteiger partial charge in [-0.05, 0) is 12.3 Å². The van der Waals surface area contributed by atoms with Crippen LogP contribution in [0.25, 0.3) is 0 Å². The molecule has 0 aliphatic rings. The highest BCUT2D eigenvalue weighted by Crippen LogP contribution is 2.12. The largest absolute Gasteiger partial charge is 0.374 e. The lowest BCUT2D eigenvalue weighted by atomic mass is 10.0. The Balaban J connectivity index is 3.32. The second kappa shape index (κ2) is 8.72. The molecule has 0 aromatic carbocycles. The van der Waals surface area contributed by atoms with Crippen molar-refractivity contribution in [3.8, 4) is 0 Å². The summed E-state index contributed by atoms with van der Waals surface area (Å²) in [5.41, 5.74) is 0. The van der Waals surface area contributed by atoms with Crippen LogP contribution in [0.15, 0.2) is 0 Å². The highest BCUT2D eigenvalue weighted by molar-refractivity contribution is 5.50. The smallest absolute Gasteiger partial charge is 0.145 e. The second-order valence-electron chi connectivity index (χ2n) is 3.12. The zero-order valence-corrected chi connectivity index (χ0v) is 8.21. The van der Waals surface area contributed by atoms with Crippen molar-refractivity contribution >= 4 is 6.29 Å². The molecule has 0 fully saturated rings. The standard InChI is InChI=1S/C10H20O2/c1-3-5-6-10(4-2)9-12-8-7-11/h7,10H,3-6,8-9H2,1-2H3. The predicted octanol–water partition coefficient (Wildman–Crippen LogP) is 2.42. The molecule has 1 unspecified atom stereocenters. The van der Waals surface area contributed by atoms with E-state index in [0.29, 0.717) is 5.92 Å². The molecule has 0 saturated carbocycles. The fourth-order valence-electron chi connectivity index (χ4n) is 1.18. The number of hydrogen-bond donors (Lipinski definition) is 0. The molecule has 0 aromatic rings. The van der Waals surface area contributed by atoms with Crippen LogP contribution >= 0.6 is 0 Å². The number of hydrogen-bond acceptors (Lipinski definition) is 2. The number of rotatable bonds is 8. The fraction of sp³-hybridized carbons (Fsp3) is 0.900. The van der Waals surface area contributed by atoms with Crippen molar-refractivity contribution in [2.75, 3.05) is 13.2 Å². The summed E-state index contributed by atoms with van der Waals surface area (Å²) in [5.74, 6) is 0.643. The molecule has 12 heavy (non-hydrogen) atoms. The van der Waals surface area contributed by atoms with Crippen molar-refractivity contribution in [3.63, 3.8) is 0 Å². The van der Waals surface area contributed by atoms with Gasteiger partial charge in [0.05, 0.1) is 0 Å². The first-order chi connectivity index (χ1) is 5.85. The van der Waals surface area contributed by atoms with E-state index in [4.69, 9.17) is 4.74 Å². The van der Waals surface area contributed by atoms with Crippen molar-refractivity contribution in [3.05, 3.63) is 0 Å². The van der Waals surface area contributed by atoms with Crippen molar-refractivity contribution in [2.45, 2.75) is 39.5 Å². The molecule has 1 atom stereocenters. The Morgan fingerprint density at radius 1 is 1.42 bits per heavy atom. The summed E-state index contributed by atoms with van der Waals surface area (Å²) in [5, 5.41) is 0. The lowest BCUT2D eigenvalue weighted by Crippen LogP contribution is -2.09. The third-order valence-electron chi connectivity index (χ3n) is 2.08. The molecule has 0 bridgehead atoms. The third-order valence-corrected chi connectivity index (χ3v) is 2.08. The van der Waals surface area contributed by atoms with Gasteiger partial charge in [-0.1, -0.05) is 33.1 Å². The molecule has 0 amide bonds. The van der Waals surface area contributed by atoms with Gasteiger partial charge in [-0.2, -0.15) is 0 Å². The summed E-state index contributed by atoms with van der Waals surface area (Å²) in [4.78, 5) is 9.96. The molecule has 0 rings (SSSR count). The highest BCUT2D eigenvalue weighted by Gasteiger charge is 2.04. The minimum Gasteiger partial charge on any atom is -0.374 e. The molecule has 0 radical (unpaired) electrons. The number of aldehydes is 1. The molecule has 0 aromatic heterocycles. The van der Waals surface area contributed by atoms with Gasteiger partial charge in [0.2, 0.25) is 0 Å². The van der Waals surface area contributed by atoms with E-state index in [9.17, 15) is 4.79 Å². The van der Waals surface area contributed by atoms with Gasteiger partial charge in [-0.3, -0.25) is 0 Å². The summed E-state index contributed by atoms with van der Waals surface area (Å²) >= 11 is 0. The first kappa shape index (κ1) is 11.6. The van der Waals surface area contributed by atoms with Gasteiger partial charge in [0.1, 0.15) is 12.9 Å². The van der Waals surface area contributed by atoms with Gasteiger partial charge < -0.3 is 9.53 Å². The minimum atomic E-state index is 0.253. The van der Waals surface area contributed by atoms with Gasteiger partial charge in [0, 0.05) is 6.61 Å². The zero-order chi connectivity index (χ0) is 9.23. The Labute approximate surface area is 75.3 Å². The van der Waals surface area contributed by atoms with Crippen molar-refractivity contribution in [2.24, 2.45) is 5.92 Å². The molecule has 2 heteroatoms. The van der Waals surface area contributed by atoms with Gasteiger partial charge in [0.25, 0.3) is 0 Å². The SMILES string of the molecule is CCCCC(CC)COCC=O. The average Bonchev–Trinajstić information content (AvgIpc) is 2.11. The summed E-state index contributed by atoms with van der Waals surface area (Å²) in [6.07, 6.45) is 5.70. The molecule has 0 N–H and O–H groups in total. The summed E-state index contributed by atoms with van der Waals surface area (Å²) in [7, 11) is 0. The van der Waals surface area contributed by atoms with Gasteiger partial charge >= 0.3 is 0 Å². The number of carbonyl (C=O) groups excluding carboxylic acids is 1. The van der Waals surface area contributed by atoms with Crippen LogP contribution in [0.3, 0.4) is 0 Å². The van der Waals surface area contributed by atoms with Gasteiger partial charge in [-0.15, -0.1) is 0 Å². The van der Waals surface area contributed by atoms with Crippen LogP contribution in [0.2, 0.25) is 0 Å². The molecule has 72 valence electrons. The summed E-state index contributed by atoms with van der Waals surface area (Å²) < 4.78 is 5.16. The lowest BCUT2D eigenvalue weighted by molar-refractivity contribution is -0.112. The van der Waals surface area contributed by atoms with Crippen LogP contribution in [-0.2, 0) is 9.53 Å². The average molecular weight is 172 g/mol. The second-order valence-corrected chi connectivity index (χ2v) is 3.12.